The van der Waals surface area contributed by atoms with E-state index >= 15 is 0 Å². The summed E-state index contributed by atoms with van der Waals surface area (Å²) in [7, 11) is 0. The van der Waals surface area contributed by atoms with Crippen LogP contribution in [0.4, 0.5) is 8.78 Å². The summed E-state index contributed by atoms with van der Waals surface area (Å²) in [6.07, 6.45) is -0.261. The standard InChI is InChI=1S/C16H14F2O/c1-10-6-7-11(2)12(8-10)16(19)9-13-14(17)4-3-5-15(13)18/h3-8H,9H2,1-2H3. The lowest BCUT2D eigenvalue weighted by Gasteiger charge is -2.08. The summed E-state index contributed by atoms with van der Waals surface area (Å²) in [6, 6.07) is 9.09. The van der Waals surface area contributed by atoms with Crippen molar-refractivity contribution in [3.8, 4) is 0 Å². The van der Waals surface area contributed by atoms with Crippen molar-refractivity contribution in [2.75, 3.05) is 0 Å². The first kappa shape index (κ1) is 13.4. The van der Waals surface area contributed by atoms with E-state index in [1.54, 1.807) is 6.07 Å². The average molecular weight is 260 g/mol. The molecule has 98 valence electrons. The van der Waals surface area contributed by atoms with Gasteiger partial charge in [-0.05, 0) is 37.6 Å². The molecule has 0 aromatic heterocycles. The Hall–Kier alpha value is -2.03. The fourth-order valence-electron chi connectivity index (χ4n) is 1.99. The van der Waals surface area contributed by atoms with Crippen LogP contribution in [0.25, 0.3) is 0 Å². The number of ketones is 1. The van der Waals surface area contributed by atoms with Gasteiger partial charge in [0.2, 0.25) is 0 Å². The molecule has 0 atom stereocenters. The Morgan fingerprint density at radius 1 is 1.05 bits per heavy atom. The molecule has 0 fully saturated rings. The minimum Gasteiger partial charge on any atom is -0.294 e. The summed E-state index contributed by atoms with van der Waals surface area (Å²) >= 11 is 0. The monoisotopic (exact) mass is 260 g/mol. The van der Waals surface area contributed by atoms with Gasteiger partial charge >= 0.3 is 0 Å². The van der Waals surface area contributed by atoms with Crippen molar-refractivity contribution in [1.82, 2.24) is 0 Å². The Morgan fingerprint density at radius 2 is 1.68 bits per heavy atom. The number of benzene rings is 2. The van der Waals surface area contributed by atoms with E-state index in [4.69, 9.17) is 0 Å². The maximum Gasteiger partial charge on any atom is 0.167 e. The van der Waals surface area contributed by atoms with Crippen molar-refractivity contribution >= 4 is 5.78 Å². The smallest absolute Gasteiger partial charge is 0.167 e. The van der Waals surface area contributed by atoms with Crippen LogP contribution in [0.3, 0.4) is 0 Å². The van der Waals surface area contributed by atoms with Gasteiger partial charge in [-0.2, -0.15) is 0 Å². The number of Topliss-reactive ketones (excluding diaryl/α,β-unsaturated/α-hetero) is 1. The second-order valence-electron chi connectivity index (χ2n) is 4.62. The maximum atomic E-state index is 13.5. The Morgan fingerprint density at radius 3 is 2.32 bits per heavy atom. The number of hydrogen-bond donors (Lipinski definition) is 0. The highest BCUT2D eigenvalue weighted by Crippen LogP contribution is 2.18. The SMILES string of the molecule is Cc1ccc(C)c(C(=O)Cc2c(F)cccc2F)c1. The normalized spacial score (nSPS) is 10.5. The molecule has 19 heavy (non-hydrogen) atoms. The van der Waals surface area contributed by atoms with E-state index in [-0.39, 0.29) is 17.8 Å². The van der Waals surface area contributed by atoms with E-state index in [0.717, 1.165) is 23.3 Å². The Balaban J connectivity index is 2.34. The molecule has 0 saturated carbocycles. The molecular formula is C16H14F2O. The number of carbonyl (C=O) groups excluding carboxylic acids is 1. The van der Waals surface area contributed by atoms with Crippen molar-refractivity contribution in [1.29, 1.82) is 0 Å². The van der Waals surface area contributed by atoms with E-state index in [9.17, 15) is 13.6 Å². The number of aryl methyl sites for hydroxylation is 2. The van der Waals surface area contributed by atoms with Gasteiger partial charge in [-0.1, -0.05) is 23.8 Å². The zero-order valence-electron chi connectivity index (χ0n) is 10.8. The first-order valence-corrected chi connectivity index (χ1v) is 6.02. The lowest BCUT2D eigenvalue weighted by molar-refractivity contribution is 0.0990. The third kappa shape index (κ3) is 2.87. The molecule has 0 radical (unpaired) electrons. The predicted molar refractivity (Wildman–Crippen MR) is 70.3 cm³/mol. The van der Waals surface area contributed by atoms with Crippen LogP contribution in [0.15, 0.2) is 36.4 Å². The van der Waals surface area contributed by atoms with Gasteiger partial charge in [0.15, 0.2) is 5.78 Å². The molecule has 0 N–H and O–H groups in total. The number of halogens is 2. The minimum atomic E-state index is -0.682. The molecular weight excluding hydrogens is 246 g/mol. The van der Waals surface area contributed by atoms with Crippen LogP contribution in [0.2, 0.25) is 0 Å². The molecule has 0 bridgehead atoms. The molecule has 0 aliphatic heterocycles. The van der Waals surface area contributed by atoms with Gasteiger partial charge in [0.1, 0.15) is 11.6 Å². The Bertz CT molecular complexity index is 612. The summed E-state index contributed by atoms with van der Waals surface area (Å²) in [5, 5.41) is 0. The molecule has 0 aliphatic carbocycles. The Kier molecular flexibility index (Phi) is 3.74. The van der Waals surface area contributed by atoms with Gasteiger partial charge in [-0.15, -0.1) is 0 Å². The van der Waals surface area contributed by atoms with E-state index in [0.29, 0.717) is 5.56 Å². The largest absolute Gasteiger partial charge is 0.294 e. The molecule has 0 unspecified atom stereocenters. The van der Waals surface area contributed by atoms with Gasteiger partial charge in [0.05, 0.1) is 0 Å². The van der Waals surface area contributed by atoms with E-state index in [1.807, 2.05) is 26.0 Å². The molecule has 0 spiro atoms. The first-order chi connectivity index (χ1) is 8.99. The van der Waals surface area contributed by atoms with E-state index in [2.05, 4.69) is 0 Å². The number of rotatable bonds is 3. The topological polar surface area (TPSA) is 17.1 Å². The molecule has 2 aromatic carbocycles. The summed E-state index contributed by atoms with van der Waals surface area (Å²) < 4.78 is 27.0. The summed E-state index contributed by atoms with van der Waals surface area (Å²) in [5.41, 5.74) is 2.10. The predicted octanol–water partition coefficient (Wildman–Crippen LogP) is 4.01. The third-order valence-electron chi connectivity index (χ3n) is 3.09. The summed E-state index contributed by atoms with van der Waals surface area (Å²) in [5.74, 6) is -1.64. The van der Waals surface area contributed by atoms with Crippen molar-refractivity contribution in [2.45, 2.75) is 20.3 Å². The second-order valence-corrected chi connectivity index (χ2v) is 4.62. The van der Waals surface area contributed by atoms with Crippen LogP contribution in [-0.2, 0) is 6.42 Å². The van der Waals surface area contributed by atoms with Gasteiger partial charge in [0.25, 0.3) is 0 Å². The molecule has 0 saturated heterocycles. The number of hydrogen-bond acceptors (Lipinski definition) is 1. The molecule has 1 nitrogen and oxygen atoms in total. The van der Waals surface area contributed by atoms with Gasteiger partial charge < -0.3 is 0 Å². The fraction of sp³-hybridized carbons (Fsp3) is 0.188. The quantitative estimate of drug-likeness (QED) is 0.762. The second kappa shape index (κ2) is 5.31. The van der Waals surface area contributed by atoms with Crippen LogP contribution >= 0.6 is 0 Å². The van der Waals surface area contributed by atoms with Gasteiger partial charge in [-0.3, -0.25) is 4.79 Å². The zero-order chi connectivity index (χ0) is 14.0. The maximum absolute atomic E-state index is 13.5. The molecule has 3 heteroatoms. The third-order valence-corrected chi connectivity index (χ3v) is 3.09. The van der Waals surface area contributed by atoms with Crippen LogP contribution in [0.1, 0.15) is 27.0 Å². The van der Waals surface area contributed by atoms with Crippen molar-refractivity contribution < 1.29 is 13.6 Å². The molecule has 0 heterocycles. The molecule has 2 rings (SSSR count). The fourth-order valence-corrected chi connectivity index (χ4v) is 1.99. The van der Waals surface area contributed by atoms with Crippen molar-refractivity contribution in [3.05, 3.63) is 70.3 Å². The lowest BCUT2D eigenvalue weighted by Crippen LogP contribution is -2.09. The minimum absolute atomic E-state index is 0.173. The van der Waals surface area contributed by atoms with E-state index in [1.165, 1.54) is 6.07 Å². The molecule has 0 amide bonds. The highest BCUT2D eigenvalue weighted by molar-refractivity contribution is 5.99. The van der Waals surface area contributed by atoms with Crippen LogP contribution < -0.4 is 0 Å². The van der Waals surface area contributed by atoms with Gasteiger partial charge in [0, 0.05) is 17.5 Å². The summed E-state index contributed by atoms with van der Waals surface area (Å²) in [6.45, 7) is 3.68. The van der Waals surface area contributed by atoms with Crippen molar-refractivity contribution in [2.24, 2.45) is 0 Å². The highest BCUT2D eigenvalue weighted by Gasteiger charge is 2.15. The molecule has 2 aromatic rings. The number of carbonyl (C=O) groups is 1. The van der Waals surface area contributed by atoms with E-state index < -0.39 is 11.6 Å². The summed E-state index contributed by atoms with van der Waals surface area (Å²) in [4.78, 5) is 12.2. The zero-order valence-corrected chi connectivity index (χ0v) is 10.8. The van der Waals surface area contributed by atoms with Crippen molar-refractivity contribution in [3.63, 3.8) is 0 Å². The van der Waals surface area contributed by atoms with Crippen LogP contribution in [0, 0.1) is 25.5 Å². The molecule has 0 aliphatic rings. The Labute approximate surface area is 110 Å². The van der Waals surface area contributed by atoms with Crippen LogP contribution in [0.5, 0.6) is 0 Å². The highest BCUT2D eigenvalue weighted by atomic mass is 19.1. The average Bonchev–Trinajstić information content (AvgIpc) is 2.37. The first-order valence-electron chi connectivity index (χ1n) is 6.02. The lowest BCUT2D eigenvalue weighted by atomic mass is 9.97. The van der Waals surface area contributed by atoms with Gasteiger partial charge in [-0.25, -0.2) is 8.78 Å². The van der Waals surface area contributed by atoms with Crippen LogP contribution in [-0.4, -0.2) is 5.78 Å².